The topological polar surface area (TPSA) is 79.4 Å². The predicted octanol–water partition coefficient (Wildman–Crippen LogP) is 3.14. The maximum atomic E-state index is 12.3. The van der Waals surface area contributed by atoms with E-state index in [4.69, 9.17) is 11.6 Å². The quantitative estimate of drug-likeness (QED) is 0.781. The SMILES string of the molecule is Cc1cc(C)c(NC(=O)CCN(Cc2ccncc2)S(C)(=O)=O)c(Cl)c1. The highest BCUT2D eigenvalue weighted by Gasteiger charge is 2.19. The lowest BCUT2D eigenvalue weighted by Crippen LogP contribution is -2.32. The maximum absolute atomic E-state index is 12.3. The molecule has 1 aromatic carbocycles. The number of hydrogen-bond acceptors (Lipinski definition) is 4. The van der Waals surface area contributed by atoms with Crippen LogP contribution in [0.25, 0.3) is 0 Å². The zero-order valence-corrected chi connectivity index (χ0v) is 16.6. The lowest BCUT2D eigenvalue weighted by atomic mass is 10.1. The van der Waals surface area contributed by atoms with E-state index < -0.39 is 10.0 Å². The van der Waals surface area contributed by atoms with E-state index in [0.717, 1.165) is 22.9 Å². The molecule has 0 aliphatic heterocycles. The molecule has 0 fully saturated rings. The highest BCUT2D eigenvalue weighted by atomic mass is 35.5. The van der Waals surface area contributed by atoms with Crippen LogP contribution in [0.2, 0.25) is 5.02 Å². The summed E-state index contributed by atoms with van der Waals surface area (Å²) < 4.78 is 25.3. The monoisotopic (exact) mass is 395 g/mol. The molecule has 0 spiro atoms. The number of amides is 1. The van der Waals surface area contributed by atoms with Crippen molar-refractivity contribution in [3.8, 4) is 0 Å². The largest absolute Gasteiger partial charge is 0.325 e. The number of carbonyl (C=O) groups excluding carboxylic acids is 1. The van der Waals surface area contributed by atoms with E-state index in [1.165, 1.54) is 4.31 Å². The van der Waals surface area contributed by atoms with E-state index in [0.29, 0.717) is 10.7 Å². The van der Waals surface area contributed by atoms with Crippen molar-refractivity contribution in [2.45, 2.75) is 26.8 Å². The first-order chi connectivity index (χ1) is 12.2. The maximum Gasteiger partial charge on any atom is 0.225 e. The number of halogens is 1. The summed E-state index contributed by atoms with van der Waals surface area (Å²) in [5, 5.41) is 3.24. The normalized spacial score (nSPS) is 11.6. The van der Waals surface area contributed by atoms with Gasteiger partial charge in [0.2, 0.25) is 15.9 Å². The number of hydrogen-bond donors (Lipinski definition) is 1. The molecule has 1 heterocycles. The van der Waals surface area contributed by atoms with Gasteiger partial charge in [0.05, 0.1) is 17.0 Å². The van der Waals surface area contributed by atoms with Gasteiger partial charge in [-0.25, -0.2) is 8.42 Å². The smallest absolute Gasteiger partial charge is 0.225 e. The molecule has 0 atom stereocenters. The molecule has 26 heavy (non-hydrogen) atoms. The van der Waals surface area contributed by atoms with Crippen molar-refractivity contribution in [3.05, 3.63) is 58.4 Å². The van der Waals surface area contributed by atoms with E-state index in [1.54, 1.807) is 30.6 Å². The number of sulfonamides is 1. The summed E-state index contributed by atoms with van der Waals surface area (Å²) in [6.07, 6.45) is 4.37. The van der Waals surface area contributed by atoms with Crippen LogP contribution in [0.5, 0.6) is 0 Å². The molecule has 0 unspecified atom stereocenters. The summed E-state index contributed by atoms with van der Waals surface area (Å²) in [4.78, 5) is 16.2. The average molecular weight is 396 g/mol. The lowest BCUT2D eigenvalue weighted by Gasteiger charge is -2.20. The fourth-order valence-electron chi connectivity index (χ4n) is 2.56. The Morgan fingerprint density at radius 2 is 1.88 bits per heavy atom. The highest BCUT2D eigenvalue weighted by Crippen LogP contribution is 2.27. The van der Waals surface area contributed by atoms with E-state index in [2.05, 4.69) is 10.3 Å². The summed E-state index contributed by atoms with van der Waals surface area (Å²) >= 11 is 6.19. The Kier molecular flexibility index (Phi) is 6.75. The molecule has 2 rings (SSSR count). The molecule has 0 aliphatic carbocycles. The standard InChI is InChI=1S/C18H22ClN3O3S/c1-13-10-14(2)18(16(19)11-13)21-17(23)6-9-22(26(3,24)25)12-15-4-7-20-8-5-15/h4-5,7-8,10-11H,6,9,12H2,1-3H3,(H,21,23). The van der Waals surface area contributed by atoms with E-state index in [1.807, 2.05) is 19.9 Å². The minimum absolute atomic E-state index is 0.0296. The van der Waals surface area contributed by atoms with Gasteiger partial charge in [-0.3, -0.25) is 9.78 Å². The highest BCUT2D eigenvalue weighted by molar-refractivity contribution is 7.88. The number of aromatic nitrogens is 1. The minimum atomic E-state index is -3.45. The molecule has 0 radical (unpaired) electrons. The molecule has 0 aliphatic rings. The zero-order valence-electron chi connectivity index (χ0n) is 15.0. The van der Waals surface area contributed by atoms with Crippen LogP contribution in [-0.2, 0) is 21.4 Å². The van der Waals surface area contributed by atoms with Crippen LogP contribution in [0.15, 0.2) is 36.7 Å². The van der Waals surface area contributed by atoms with Crippen LogP contribution in [0.4, 0.5) is 5.69 Å². The summed E-state index contributed by atoms with van der Waals surface area (Å²) in [5.74, 6) is -0.290. The van der Waals surface area contributed by atoms with Crippen LogP contribution < -0.4 is 5.32 Å². The molecule has 6 nitrogen and oxygen atoms in total. The molecule has 2 aromatic rings. The van der Waals surface area contributed by atoms with Crippen molar-refractivity contribution >= 4 is 33.2 Å². The van der Waals surface area contributed by atoms with Crippen LogP contribution in [0.3, 0.4) is 0 Å². The number of anilines is 1. The fourth-order valence-corrected chi connectivity index (χ4v) is 3.73. The van der Waals surface area contributed by atoms with Gasteiger partial charge >= 0.3 is 0 Å². The number of benzene rings is 1. The van der Waals surface area contributed by atoms with Gasteiger partial charge in [-0.15, -0.1) is 0 Å². The van der Waals surface area contributed by atoms with Crippen LogP contribution in [0.1, 0.15) is 23.1 Å². The van der Waals surface area contributed by atoms with Gasteiger partial charge < -0.3 is 5.32 Å². The Labute approximate surface area is 159 Å². The van der Waals surface area contributed by atoms with Crippen molar-refractivity contribution in [1.82, 2.24) is 9.29 Å². The molecule has 1 amide bonds. The van der Waals surface area contributed by atoms with Gasteiger partial charge in [0.15, 0.2) is 0 Å². The first kappa shape index (κ1) is 20.4. The van der Waals surface area contributed by atoms with Gasteiger partial charge in [0.25, 0.3) is 0 Å². The average Bonchev–Trinajstić information content (AvgIpc) is 2.54. The predicted molar refractivity (Wildman–Crippen MR) is 104 cm³/mol. The third kappa shape index (κ3) is 5.79. The second kappa shape index (κ2) is 8.62. The molecule has 140 valence electrons. The van der Waals surface area contributed by atoms with Gasteiger partial charge in [-0.1, -0.05) is 17.7 Å². The van der Waals surface area contributed by atoms with Gasteiger partial charge in [0, 0.05) is 31.9 Å². The number of pyridine rings is 1. The molecular weight excluding hydrogens is 374 g/mol. The summed E-state index contributed by atoms with van der Waals surface area (Å²) in [6, 6.07) is 7.19. The number of nitrogens with zero attached hydrogens (tertiary/aromatic N) is 2. The van der Waals surface area contributed by atoms with E-state index in [-0.39, 0.29) is 25.4 Å². The Morgan fingerprint density at radius 3 is 2.46 bits per heavy atom. The third-order valence-electron chi connectivity index (χ3n) is 3.86. The molecule has 8 heteroatoms. The molecular formula is C18H22ClN3O3S. The van der Waals surface area contributed by atoms with Gasteiger partial charge in [-0.05, 0) is 48.7 Å². The molecule has 0 saturated carbocycles. The number of nitrogens with one attached hydrogen (secondary N) is 1. The van der Waals surface area contributed by atoms with E-state index in [9.17, 15) is 13.2 Å². The number of carbonyl (C=O) groups is 1. The van der Waals surface area contributed by atoms with Gasteiger partial charge in [0.1, 0.15) is 0 Å². The van der Waals surface area contributed by atoms with Gasteiger partial charge in [-0.2, -0.15) is 4.31 Å². The summed E-state index contributed by atoms with van der Waals surface area (Å²) in [7, 11) is -3.45. The van der Waals surface area contributed by atoms with Crippen LogP contribution in [0, 0.1) is 13.8 Å². The third-order valence-corrected chi connectivity index (χ3v) is 5.41. The first-order valence-corrected chi connectivity index (χ1v) is 10.3. The second-order valence-electron chi connectivity index (χ2n) is 6.19. The number of aryl methyl sites for hydroxylation is 2. The van der Waals surface area contributed by atoms with Crippen molar-refractivity contribution in [2.24, 2.45) is 0 Å². The van der Waals surface area contributed by atoms with Crippen LogP contribution >= 0.6 is 11.6 Å². The van der Waals surface area contributed by atoms with E-state index >= 15 is 0 Å². The van der Waals surface area contributed by atoms with Crippen molar-refractivity contribution in [1.29, 1.82) is 0 Å². The van der Waals surface area contributed by atoms with Crippen molar-refractivity contribution in [2.75, 3.05) is 18.1 Å². The molecule has 0 bridgehead atoms. The minimum Gasteiger partial charge on any atom is -0.325 e. The Hall–Kier alpha value is -1.96. The molecule has 1 aromatic heterocycles. The Balaban J connectivity index is 2.03. The Morgan fingerprint density at radius 1 is 1.23 bits per heavy atom. The number of rotatable bonds is 7. The Bertz CT molecular complexity index is 863. The summed E-state index contributed by atoms with van der Waals surface area (Å²) in [5.41, 5.74) is 3.23. The molecule has 1 N–H and O–H groups in total. The zero-order chi connectivity index (χ0) is 19.3. The summed E-state index contributed by atoms with van der Waals surface area (Å²) in [6.45, 7) is 4.06. The van der Waals surface area contributed by atoms with Crippen LogP contribution in [-0.4, -0.2) is 36.4 Å². The second-order valence-corrected chi connectivity index (χ2v) is 8.58. The fraction of sp³-hybridized carbons (Fsp3) is 0.333. The van der Waals surface area contributed by atoms with Crippen molar-refractivity contribution in [3.63, 3.8) is 0 Å². The lowest BCUT2D eigenvalue weighted by molar-refractivity contribution is -0.116. The van der Waals surface area contributed by atoms with Crippen molar-refractivity contribution < 1.29 is 13.2 Å². The molecule has 0 saturated heterocycles. The first-order valence-electron chi connectivity index (χ1n) is 8.07.